The van der Waals surface area contributed by atoms with Crippen molar-refractivity contribution < 1.29 is 0 Å². The van der Waals surface area contributed by atoms with Crippen molar-refractivity contribution >= 4 is 0 Å². The van der Waals surface area contributed by atoms with Gasteiger partial charge in [-0.3, -0.25) is 0 Å². The predicted octanol–water partition coefficient (Wildman–Crippen LogP) is 16.5. The fourth-order valence-electron chi connectivity index (χ4n) is 8.42. The molecule has 290 valence electrons. The second kappa shape index (κ2) is 14.7. The van der Waals surface area contributed by atoms with Crippen molar-refractivity contribution in [3.63, 3.8) is 0 Å². The molecule has 0 unspecified atom stereocenters. The lowest BCUT2D eigenvalue weighted by Gasteiger charge is -2.30. The molecule has 0 fully saturated rings. The van der Waals surface area contributed by atoms with Gasteiger partial charge in [0.05, 0.1) is 0 Å². The quantitative estimate of drug-likeness (QED) is 0.165. The minimum atomic E-state index is -0.0698. The molecule has 0 aliphatic heterocycles. The van der Waals surface area contributed by atoms with Crippen molar-refractivity contribution in [2.45, 2.75) is 131 Å². The van der Waals surface area contributed by atoms with Gasteiger partial charge in [-0.15, -0.1) is 0 Å². The Hall–Kier alpha value is -4.68. The average molecular weight is 739 g/mol. The summed E-state index contributed by atoms with van der Waals surface area (Å²) in [5.74, 6) is 0. The Morgan fingerprint density at radius 3 is 0.821 bits per heavy atom. The summed E-state index contributed by atoms with van der Waals surface area (Å²) in [6, 6.07) is 48.8. The van der Waals surface area contributed by atoms with Crippen LogP contribution in [0.15, 0.2) is 127 Å². The summed E-state index contributed by atoms with van der Waals surface area (Å²) < 4.78 is 0. The number of hydrogen-bond acceptors (Lipinski definition) is 0. The number of benzene rings is 6. The Morgan fingerprint density at radius 2 is 0.518 bits per heavy atom. The molecular formula is C56H66. The van der Waals surface area contributed by atoms with Gasteiger partial charge in [0, 0.05) is 0 Å². The van der Waals surface area contributed by atoms with E-state index in [0.29, 0.717) is 0 Å². The minimum absolute atomic E-state index is 0.0297. The highest BCUT2D eigenvalue weighted by atomic mass is 14.3. The molecular weight excluding hydrogens is 673 g/mol. The van der Waals surface area contributed by atoms with Crippen LogP contribution in [-0.2, 0) is 27.1 Å². The molecule has 0 radical (unpaired) electrons. The maximum Gasteiger partial charge on any atom is -0.00260 e. The highest BCUT2D eigenvalue weighted by Gasteiger charge is 2.29. The van der Waals surface area contributed by atoms with E-state index in [4.69, 9.17) is 0 Å². The van der Waals surface area contributed by atoms with Gasteiger partial charge in [0.15, 0.2) is 0 Å². The molecule has 6 rings (SSSR count). The van der Waals surface area contributed by atoms with E-state index in [1.807, 2.05) is 0 Å². The van der Waals surface area contributed by atoms with Crippen molar-refractivity contribution in [1.82, 2.24) is 0 Å². The van der Waals surface area contributed by atoms with E-state index in [1.165, 1.54) is 83.5 Å². The maximum atomic E-state index is 2.52. The Bertz CT molecular complexity index is 2210. The second-order valence-corrected chi connectivity index (χ2v) is 21.2. The molecule has 0 nitrogen and oxygen atoms in total. The lowest BCUT2D eigenvalue weighted by atomic mass is 9.73. The largest absolute Gasteiger partial charge is 0.0619 e. The van der Waals surface area contributed by atoms with E-state index in [9.17, 15) is 0 Å². The van der Waals surface area contributed by atoms with Crippen molar-refractivity contribution in [1.29, 1.82) is 0 Å². The first kappa shape index (κ1) is 41.0. The van der Waals surface area contributed by atoms with E-state index >= 15 is 0 Å². The van der Waals surface area contributed by atoms with Crippen LogP contribution in [0.1, 0.15) is 132 Å². The molecule has 0 heteroatoms. The third-order valence-corrected chi connectivity index (χ3v) is 11.4. The molecule has 0 heterocycles. The topological polar surface area (TPSA) is 0 Å². The summed E-state index contributed by atoms with van der Waals surface area (Å²) >= 11 is 0. The number of rotatable bonds is 5. The van der Waals surface area contributed by atoms with Crippen LogP contribution < -0.4 is 0 Å². The molecule has 0 saturated carbocycles. The molecule has 56 heavy (non-hydrogen) atoms. The fraction of sp³-hybridized carbons (Fsp3) is 0.357. The number of hydrogen-bond donors (Lipinski definition) is 0. The monoisotopic (exact) mass is 739 g/mol. The molecule has 0 saturated heterocycles. The summed E-state index contributed by atoms with van der Waals surface area (Å²) in [6.07, 6.45) is 0. The van der Waals surface area contributed by atoms with Gasteiger partial charge in [-0.05, 0) is 141 Å². The Balaban J connectivity index is 1.88. The first-order chi connectivity index (χ1) is 26.0. The summed E-state index contributed by atoms with van der Waals surface area (Å²) in [4.78, 5) is 0. The highest BCUT2D eigenvalue weighted by molar-refractivity contribution is 5.99. The van der Waals surface area contributed by atoms with Crippen molar-refractivity contribution in [3.8, 4) is 55.6 Å². The van der Waals surface area contributed by atoms with Crippen LogP contribution >= 0.6 is 0 Å². The van der Waals surface area contributed by atoms with Gasteiger partial charge in [0.1, 0.15) is 0 Å². The van der Waals surface area contributed by atoms with Gasteiger partial charge in [0.2, 0.25) is 0 Å². The molecule has 0 aliphatic carbocycles. The second-order valence-electron chi connectivity index (χ2n) is 21.2. The van der Waals surface area contributed by atoms with Gasteiger partial charge < -0.3 is 0 Å². The first-order valence-corrected chi connectivity index (χ1v) is 20.7. The van der Waals surface area contributed by atoms with Crippen LogP contribution in [0.2, 0.25) is 0 Å². The molecule has 0 amide bonds. The molecule has 0 bridgehead atoms. The predicted molar refractivity (Wildman–Crippen MR) is 247 cm³/mol. The van der Waals surface area contributed by atoms with Crippen molar-refractivity contribution in [2.24, 2.45) is 0 Å². The summed E-state index contributed by atoms with van der Waals surface area (Å²) in [5, 5.41) is 0. The van der Waals surface area contributed by atoms with E-state index in [1.54, 1.807) is 0 Å². The van der Waals surface area contributed by atoms with E-state index in [2.05, 4.69) is 231 Å². The van der Waals surface area contributed by atoms with Crippen molar-refractivity contribution in [3.05, 3.63) is 155 Å². The SMILES string of the molecule is CC(C)(C)c1cc(-c2ccccc2C(C)(C)C)c(-c2cc(-c3ccccc3C(C)(C)C)cc(-c3ccccc3C(C)(C)C)c2)c(-c2ccccc2C(C)(C)C)c1. The first-order valence-electron chi connectivity index (χ1n) is 20.7. The summed E-state index contributed by atoms with van der Waals surface area (Å²) in [6.45, 7) is 35.1. The molecule has 0 aliphatic rings. The Labute approximate surface area is 340 Å². The lowest BCUT2D eigenvalue weighted by molar-refractivity contribution is 0.588. The molecule has 0 N–H and O–H groups in total. The zero-order valence-corrected chi connectivity index (χ0v) is 37.1. The van der Waals surface area contributed by atoms with Crippen molar-refractivity contribution in [2.75, 3.05) is 0 Å². The van der Waals surface area contributed by atoms with Gasteiger partial charge in [-0.2, -0.15) is 0 Å². The molecule has 6 aromatic rings. The zero-order chi connectivity index (χ0) is 41.0. The Kier molecular flexibility index (Phi) is 10.7. The fourth-order valence-corrected chi connectivity index (χ4v) is 8.42. The van der Waals surface area contributed by atoms with Gasteiger partial charge in [-0.25, -0.2) is 0 Å². The van der Waals surface area contributed by atoms with Gasteiger partial charge in [0.25, 0.3) is 0 Å². The third kappa shape index (κ3) is 8.37. The minimum Gasteiger partial charge on any atom is -0.0619 e. The van der Waals surface area contributed by atoms with Crippen LogP contribution in [0.25, 0.3) is 55.6 Å². The lowest BCUT2D eigenvalue weighted by Crippen LogP contribution is -2.16. The van der Waals surface area contributed by atoms with Gasteiger partial charge in [-0.1, -0.05) is 201 Å². The normalized spacial score (nSPS) is 12.9. The van der Waals surface area contributed by atoms with Crippen LogP contribution in [-0.4, -0.2) is 0 Å². The van der Waals surface area contributed by atoms with Gasteiger partial charge >= 0.3 is 0 Å². The van der Waals surface area contributed by atoms with Crippen LogP contribution in [0.3, 0.4) is 0 Å². The average Bonchev–Trinajstić information content (AvgIpc) is 3.12. The molecule has 6 aromatic carbocycles. The zero-order valence-electron chi connectivity index (χ0n) is 37.1. The third-order valence-electron chi connectivity index (χ3n) is 11.4. The molecule has 0 spiro atoms. The van der Waals surface area contributed by atoms with E-state index < -0.39 is 0 Å². The maximum absolute atomic E-state index is 2.52. The van der Waals surface area contributed by atoms with Crippen LogP contribution in [0, 0.1) is 0 Å². The summed E-state index contributed by atoms with van der Waals surface area (Å²) in [5.41, 5.74) is 19.3. The highest BCUT2D eigenvalue weighted by Crippen LogP contribution is 2.50. The van der Waals surface area contributed by atoms with E-state index in [0.717, 1.165) is 0 Å². The molecule has 0 aromatic heterocycles. The van der Waals surface area contributed by atoms with Crippen LogP contribution in [0.5, 0.6) is 0 Å². The van der Waals surface area contributed by atoms with E-state index in [-0.39, 0.29) is 27.1 Å². The Morgan fingerprint density at radius 1 is 0.250 bits per heavy atom. The smallest absolute Gasteiger partial charge is 0.00260 e. The summed E-state index contributed by atoms with van der Waals surface area (Å²) in [7, 11) is 0. The van der Waals surface area contributed by atoms with Crippen LogP contribution in [0.4, 0.5) is 0 Å². The molecule has 0 atom stereocenters. The standard InChI is InChI=1S/C56H66/c1-52(2,3)40-35-45(43-26-18-22-30-49(43)55(10,11)12)51(46(36-40)44-27-19-23-31-50(44)56(13,14)15)39-33-37(41-24-16-20-28-47(41)53(4,5)6)32-38(34-39)42-25-17-21-29-48(42)54(7,8)9/h16-36H,1-15H3.